The van der Waals surface area contributed by atoms with Crippen LogP contribution in [0.5, 0.6) is 0 Å². The normalized spacial score (nSPS) is 19.2. The molecule has 2 aliphatic rings. The Hall–Kier alpha value is -2.97. The van der Waals surface area contributed by atoms with Crippen LogP contribution in [0.2, 0.25) is 0 Å². The zero-order valence-electron chi connectivity index (χ0n) is 23.5. The van der Waals surface area contributed by atoms with E-state index in [4.69, 9.17) is 0 Å². The van der Waals surface area contributed by atoms with Gasteiger partial charge in [0.05, 0.1) is 20.2 Å². The molecule has 230 valence electrons. The molecule has 0 spiro atoms. The number of carbonyl (C=O) groups excluding carboxylic acids is 2. The lowest BCUT2D eigenvalue weighted by Crippen LogP contribution is -2.53. The number of hydrogen-bond acceptors (Lipinski definition) is 6. The number of nitrogens with zero attached hydrogens (tertiary/aromatic N) is 2. The zero-order chi connectivity index (χ0) is 31.1. The quantitative estimate of drug-likeness (QED) is 0.519. The first-order valence-corrected chi connectivity index (χ1v) is 16.5. The van der Waals surface area contributed by atoms with Gasteiger partial charge in [-0.3, -0.25) is 9.59 Å². The summed E-state index contributed by atoms with van der Waals surface area (Å²) in [6, 6.07) is 7.32. The van der Waals surface area contributed by atoms with E-state index in [0.717, 1.165) is 6.07 Å². The predicted octanol–water partition coefficient (Wildman–Crippen LogP) is 3.84. The topological polar surface area (TPSA) is 121 Å². The molecule has 14 heteroatoms. The van der Waals surface area contributed by atoms with Gasteiger partial charge in [0.2, 0.25) is 31.7 Å². The van der Waals surface area contributed by atoms with Crippen LogP contribution < -0.4 is 4.72 Å². The molecule has 1 atom stereocenters. The highest BCUT2D eigenvalue weighted by Gasteiger charge is 2.42. The molecular formula is C28H34F3N3O6S2. The molecule has 2 saturated heterocycles. The van der Waals surface area contributed by atoms with Crippen molar-refractivity contribution in [2.45, 2.75) is 79.4 Å². The fourth-order valence-electron chi connectivity index (χ4n) is 5.27. The van der Waals surface area contributed by atoms with Crippen molar-refractivity contribution < 1.29 is 39.6 Å². The molecule has 2 aromatic carbocycles. The molecule has 1 N–H and O–H groups in total. The Kier molecular flexibility index (Phi) is 8.83. The van der Waals surface area contributed by atoms with Crippen molar-refractivity contribution in [3.8, 4) is 0 Å². The third kappa shape index (κ3) is 6.65. The Labute approximate surface area is 244 Å². The first kappa shape index (κ1) is 32.0. The Morgan fingerprint density at radius 3 is 2.05 bits per heavy atom. The number of sulfonamides is 1. The molecule has 9 nitrogen and oxygen atoms in total. The van der Waals surface area contributed by atoms with Crippen molar-refractivity contribution in [1.29, 1.82) is 0 Å². The van der Waals surface area contributed by atoms with Gasteiger partial charge in [-0.15, -0.1) is 0 Å². The van der Waals surface area contributed by atoms with Crippen LogP contribution in [-0.4, -0.2) is 70.2 Å². The molecule has 2 fully saturated rings. The van der Waals surface area contributed by atoms with E-state index in [9.17, 15) is 39.6 Å². The summed E-state index contributed by atoms with van der Waals surface area (Å²) < 4.78 is 96.5. The van der Waals surface area contributed by atoms with Gasteiger partial charge in [-0.2, -0.15) is 13.2 Å². The molecule has 0 unspecified atom stereocenters. The first-order chi connectivity index (χ1) is 19.4. The summed E-state index contributed by atoms with van der Waals surface area (Å²) in [5, 5.41) is 0. The Morgan fingerprint density at radius 1 is 0.857 bits per heavy atom. The molecule has 0 bridgehead atoms. The number of benzene rings is 2. The van der Waals surface area contributed by atoms with E-state index < -0.39 is 58.9 Å². The lowest BCUT2D eigenvalue weighted by atomic mass is 9.94. The van der Waals surface area contributed by atoms with Gasteiger partial charge in [0.15, 0.2) is 0 Å². The molecule has 0 saturated carbocycles. The molecule has 2 amide bonds. The number of rotatable bonds is 6. The van der Waals surface area contributed by atoms with Gasteiger partial charge in [0.25, 0.3) is 0 Å². The van der Waals surface area contributed by atoms with Crippen molar-refractivity contribution in [2.75, 3.05) is 19.6 Å². The van der Waals surface area contributed by atoms with Crippen LogP contribution in [-0.2, 0) is 35.6 Å². The number of amides is 2. The minimum atomic E-state index is -5.06. The summed E-state index contributed by atoms with van der Waals surface area (Å²) in [5.41, 5.74) is -2.14. The largest absolute Gasteiger partial charge is 0.417 e. The molecule has 0 aromatic heterocycles. The van der Waals surface area contributed by atoms with Crippen molar-refractivity contribution in [1.82, 2.24) is 14.5 Å². The van der Waals surface area contributed by atoms with Crippen molar-refractivity contribution in [3.05, 3.63) is 54.1 Å². The summed E-state index contributed by atoms with van der Waals surface area (Å²) in [7, 11) is -9.11. The van der Waals surface area contributed by atoms with Crippen molar-refractivity contribution in [3.63, 3.8) is 0 Å². The third-order valence-corrected chi connectivity index (χ3v) is 10.8. The van der Waals surface area contributed by atoms with Crippen LogP contribution in [0.3, 0.4) is 0 Å². The number of sulfone groups is 1. The van der Waals surface area contributed by atoms with Crippen LogP contribution >= 0.6 is 0 Å². The molecule has 2 heterocycles. The minimum absolute atomic E-state index is 0.127. The SMILES string of the molecule is CC(C)(C)C(=O)N1CCC[C@@H]1C(=O)N1CCC(NS(=O)(=O)c2cc(S(=O)(=O)c3ccccc3)ccc2C(F)(F)F)CC1. The van der Waals surface area contributed by atoms with Gasteiger partial charge in [0, 0.05) is 31.1 Å². The summed E-state index contributed by atoms with van der Waals surface area (Å²) in [5.74, 6) is -0.359. The average molecular weight is 630 g/mol. The van der Waals surface area contributed by atoms with Crippen LogP contribution in [0, 0.1) is 5.41 Å². The maximum absolute atomic E-state index is 13.8. The summed E-state index contributed by atoms with van der Waals surface area (Å²) in [6.45, 7) is 6.11. The first-order valence-electron chi connectivity index (χ1n) is 13.6. The highest BCUT2D eigenvalue weighted by Crippen LogP contribution is 2.37. The van der Waals surface area contributed by atoms with Crippen LogP contribution in [0.1, 0.15) is 52.0 Å². The molecule has 42 heavy (non-hydrogen) atoms. The predicted molar refractivity (Wildman–Crippen MR) is 147 cm³/mol. The van der Waals surface area contributed by atoms with Gasteiger partial charge in [-0.1, -0.05) is 39.0 Å². The smallest absolute Gasteiger partial charge is 0.341 e. The maximum Gasteiger partial charge on any atom is 0.417 e. The Morgan fingerprint density at radius 2 is 1.48 bits per heavy atom. The number of alkyl halides is 3. The van der Waals surface area contributed by atoms with E-state index in [2.05, 4.69) is 4.72 Å². The number of carbonyl (C=O) groups is 2. The van der Waals surface area contributed by atoms with E-state index in [0.29, 0.717) is 31.5 Å². The van der Waals surface area contributed by atoms with Gasteiger partial charge in [-0.25, -0.2) is 21.6 Å². The number of piperidine rings is 1. The average Bonchev–Trinajstić information content (AvgIpc) is 3.41. The maximum atomic E-state index is 13.8. The lowest BCUT2D eigenvalue weighted by Gasteiger charge is -2.37. The number of likely N-dealkylation sites (tertiary alicyclic amines) is 2. The fourth-order valence-corrected chi connectivity index (χ4v) is 8.21. The standard InChI is InChI=1S/C28H34F3N3O6S2/c1-27(2,3)26(36)34-15-7-10-23(34)25(35)33-16-13-19(14-17-33)32-42(39,40)24-18-21(11-12-22(24)28(29,30)31)41(37,38)20-8-5-4-6-9-20/h4-6,8-9,11-12,18-19,23,32H,7,10,13-17H2,1-3H3/t23-/m1/s1. The second-order valence-corrected chi connectivity index (χ2v) is 15.2. The second kappa shape index (κ2) is 11.6. The van der Waals surface area contributed by atoms with Crippen LogP contribution in [0.4, 0.5) is 13.2 Å². The fraction of sp³-hybridized carbons (Fsp3) is 0.500. The van der Waals surface area contributed by atoms with E-state index in [1.54, 1.807) is 36.6 Å². The molecule has 0 aliphatic carbocycles. The van der Waals surface area contributed by atoms with Gasteiger partial charge >= 0.3 is 6.18 Å². The molecular weight excluding hydrogens is 595 g/mol. The number of halogens is 3. The Bertz CT molecular complexity index is 1550. The zero-order valence-corrected chi connectivity index (χ0v) is 25.2. The van der Waals surface area contributed by atoms with Crippen molar-refractivity contribution in [2.24, 2.45) is 5.41 Å². The van der Waals surface area contributed by atoms with E-state index in [1.165, 1.54) is 24.3 Å². The molecule has 4 rings (SSSR count). The highest BCUT2D eigenvalue weighted by molar-refractivity contribution is 7.91. The number of nitrogens with one attached hydrogen (secondary N) is 1. The molecule has 2 aliphatic heterocycles. The molecule has 2 aromatic rings. The van der Waals surface area contributed by atoms with Gasteiger partial charge in [-0.05, 0) is 56.0 Å². The lowest BCUT2D eigenvalue weighted by molar-refractivity contribution is -0.148. The number of hydrogen-bond donors (Lipinski definition) is 1. The van der Waals surface area contributed by atoms with Gasteiger partial charge in [0.1, 0.15) is 6.04 Å². The minimum Gasteiger partial charge on any atom is -0.341 e. The second-order valence-electron chi connectivity index (χ2n) is 11.6. The van der Waals surface area contributed by atoms with E-state index >= 15 is 0 Å². The van der Waals surface area contributed by atoms with Gasteiger partial charge < -0.3 is 9.80 Å². The van der Waals surface area contributed by atoms with Crippen LogP contribution in [0.25, 0.3) is 0 Å². The summed E-state index contributed by atoms with van der Waals surface area (Å²) >= 11 is 0. The van der Waals surface area contributed by atoms with Crippen molar-refractivity contribution >= 4 is 31.7 Å². The summed E-state index contributed by atoms with van der Waals surface area (Å²) in [6.07, 6.45) is -3.58. The summed E-state index contributed by atoms with van der Waals surface area (Å²) in [4.78, 5) is 27.3. The molecule has 0 radical (unpaired) electrons. The van der Waals surface area contributed by atoms with E-state index in [-0.39, 0.29) is 42.6 Å². The Balaban J connectivity index is 1.51. The highest BCUT2D eigenvalue weighted by atomic mass is 32.2. The third-order valence-electron chi connectivity index (χ3n) is 7.48. The monoisotopic (exact) mass is 629 g/mol. The van der Waals surface area contributed by atoms with Crippen LogP contribution in [0.15, 0.2) is 63.2 Å². The van der Waals surface area contributed by atoms with E-state index in [1.807, 2.05) is 0 Å².